The van der Waals surface area contributed by atoms with E-state index in [0.717, 1.165) is 17.8 Å². The van der Waals surface area contributed by atoms with Crippen molar-refractivity contribution in [1.29, 1.82) is 0 Å². The summed E-state index contributed by atoms with van der Waals surface area (Å²) in [5.41, 5.74) is 1.70. The average molecular weight is 411 g/mol. The number of halogens is 1. The molecule has 3 unspecified atom stereocenters. The molecule has 140 valence electrons. The molecule has 0 aliphatic heterocycles. The lowest BCUT2D eigenvalue weighted by Gasteiger charge is -2.60. The molecular weight excluding hydrogens is 380 g/mol. The molecule has 5 aliphatic rings. The molecule has 3 atom stereocenters. The number of ether oxygens (including phenoxy) is 3. The molecule has 0 aromatic carbocycles. The van der Waals surface area contributed by atoms with Gasteiger partial charge in [-0.05, 0) is 81.1 Å². The van der Waals surface area contributed by atoms with Crippen LogP contribution in [0, 0.1) is 29.1 Å². The second-order valence-electron chi connectivity index (χ2n) is 8.89. The summed E-state index contributed by atoms with van der Waals surface area (Å²) in [5.74, 6) is 3.32. The molecule has 0 N–H and O–H groups in total. The van der Waals surface area contributed by atoms with Gasteiger partial charge in [-0.3, -0.25) is 0 Å². The van der Waals surface area contributed by atoms with Crippen LogP contribution in [-0.2, 0) is 14.2 Å². The first-order valence-corrected chi connectivity index (χ1v) is 10.6. The minimum absolute atomic E-state index is 0.113. The molecule has 0 radical (unpaired) electrons. The van der Waals surface area contributed by atoms with Crippen LogP contribution in [-0.4, -0.2) is 26.3 Å². The lowest BCUT2D eigenvalue weighted by molar-refractivity contribution is -0.196. The summed E-state index contributed by atoms with van der Waals surface area (Å²) in [5, 5.41) is 0. The minimum Gasteiger partial charge on any atom is -0.356 e. The van der Waals surface area contributed by atoms with E-state index >= 15 is 0 Å². The number of methoxy groups -OCH3 is 1. The van der Waals surface area contributed by atoms with E-state index < -0.39 is 0 Å². The zero-order valence-corrected chi connectivity index (χ0v) is 17.3. The molecule has 0 spiro atoms. The molecule has 0 heterocycles. The fourth-order valence-electron chi connectivity index (χ4n) is 6.36. The molecule has 0 aromatic heterocycles. The third-order valence-electron chi connectivity index (χ3n) is 7.16. The molecule has 0 amide bonds. The van der Waals surface area contributed by atoms with Crippen molar-refractivity contribution in [3.63, 3.8) is 0 Å². The van der Waals surface area contributed by atoms with E-state index in [1.54, 1.807) is 7.11 Å². The van der Waals surface area contributed by atoms with Crippen LogP contribution in [0.5, 0.6) is 0 Å². The van der Waals surface area contributed by atoms with Crippen molar-refractivity contribution in [1.82, 2.24) is 0 Å². The molecule has 4 heteroatoms. The van der Waals surface area contributed by atoms with Crippen LogP contribution in [0.3, 0.4) is 0 Å². The van der Waals surface area contributed by atoms with E-state index in [2.05, 4.69) is 35.0 Å². The van der Waals surface area contributed by atoms with Gasteiger partial charge in [0.05, 0.1) is 6.10 Å². The molecule has 4 saturated carbocycles. The van der Waals surface area contributed by atoms with Crippen LogP contribution in [0.15, 0.2) is 22.2 Å². The van der Waals surface area contributed by atoms with Gasteiger partial charge in [-0.2, -0.15) is 0 Å². The summed E-state index contributed by atoms with van der Waals surface area (Å²) < 4.78 is 18.3. The van der Waals surface area contributed by atoms with E-state index in [1.807, 2.05) is 6.92 Å². The Bertz CT molecular complexity index is 532. The van der Waals surface area contributed by atoms with Gasteiger partial charge in [0.2, 0.25) is 0 Å². The van der Waals surface area contributed by atoms with Crippen LogP contribution in [0.4, 0.5) is 0 Å². The van der Waals surface area contributed by atoms with Crippen molar-refractivity contribution in [3.05, 3.63) is 22.2 Å². The predicted molar refractivity (Wildman–Crippen MR) is 102 cm³/mol. The molecule has 5 aliphatic carbocycles. The van der Waals surface area contributed by atoms with Gasteiger partial charge in [-0.1, -0.05) is 28.1 Å². The van der Waals surface area contributed by atoms with Gasteiger partial charge < -0.3 is 14.2 Å². The molecule has 0 aromatic rings. The zero-order chi connectivity index (χ0) is 17.6. The molecule has 0 saturated heterocycles. The Labute approximate surface area is 160 Å². The fraction of sp³-hybridized carbons (Fsp3) is 0.810. The molecule has 25 heavy (non-hydrogen) atoms. The molecule has 5 rings (SSSR count). The van der Waals surface area contributed by atoms with Crippen molar-refractivity contribution in [2.24, 2.45) is 29.1 Å². The Hall–Kier alpha value is -0.160. The second-order valence-corrected chi connectivity index (χ2v) is 9.74. The monoisotopic (exact) mass is 410 g/mol. The highest BCUT2D eigenvalue weighted by atomic mass is 79.9. The largest absolute Gasteiger partial charge is 0.356 e. The average Bonchev–Trinajstić information content (AvgIpc) is 2.56. The van der Waals surface area contributed by atoms with Gasteiger partial charge in [0.15, 0.2) is 13.1 Å². The van der Waals surface area contributed by atoms with Gasteiger partial charge >= 0.3 is 0 Å². The topological polar surface area (TPSA) is 27.7 Å². The van der Waals surface area contributed by atoms with Crippen LogP contribution in [0.1, 0.15) is 52.4 Å². The fourth-order valence-corrected chi connectivity index (χ4v) is 6.78. The van der Waals surface area contributed by atoms with Crippen molar-refractivity contribution in [3.8, 4) is 0 Å². The summed E-state index contributed by atoms with van der Waals surface area (Å²) in [6.45, 7) is 4.35. The molecule has 4 bridgehead atoms. The maximum absolute atomic E-state index is 6.23. The van der Waals surface area contributed by atoms with Crippen molar-refractivity contribution >= 4 is 15.9 Å². The maximum atomic E-state index is 6.23. The van der Waals surface area contributed by atoms with E-state index in [1.165, 1.54) is 48.6 Å². The quantitative estimate of drug-likeness (QED) is 0.547. The molecule has 4 fully saturated rings. The number of hydrogen-bond donors (Lipinski definition) is 0. The van der Waals surface area contributed by atoms with Crippen molar-refractivity contribution in [2.75, 3.05) is 13.9 Å². The maximum Gasteiger partial charge on any atom is 0.157 e. The van der Waals surface area contributed by atoms with Gasteiger partial charge in [0.1, 0.15) is 0 Å². The van der Waals surface area contributed by atoms with Crippen molar-refractivity contribution < 1.29 is 14.2 Å². The Kier molecular flexibility index (Phi) is 5.18. The highest BCUT2D eigenvalue weighted by Crippen LogP contribution is 2.64. The zero-order valence-electron chi connectivity index (χ0n) is 15.7. The standard InChI is InChI=1S/C21H31BrO3/c1-13-4-20(25-12-24-14(2)23-3)18(8-19(13)22)21-9-15-5-16(10-21)7-17(6-15)11-21/h4,8,14-18,20H,5-7,9-12H2,1-3H3. The van der Waals surface area contributed by atoms with Crippen LogP contribution in [0.2, 0.25) is 0 Å². The lowest BCUT2D eigenvalue weighted by Crippen LogP contribution is -2.52. The molecule has 3 nitrogen and oxygen atoms in total. The van der Waals surface area contributed by atoms with Crippen LogP contribution >= 0.6 is 15.9 Å². The van der Waals surface area contributed by atoms with Gasteiger partial charge in [-0.15, -0.1) is 0 Å². The van der Waals surface area contributed by atoms with E-state index in [9.17, 15) is 0 Å². The first kappa shape index (κ1) is 18.2. The van der Waals surface area contributed by atoms with E-state index in [0.29, 0.717) is 11.3 Å². The van der Waals surface area contributed by atoms with Gasteiger partial charge in [0.25, 0.3) is 0 Å². The highest BCUT2D eigenvalue weighted by molar-refractivity contribution is 9.12. The Balaban J connectivity index is 1.53. The first-order valence-electron chi connectivity index (χ1n) is 9.81. The minimum atomic E-state index is -0.228. The summed E-state index contributed by atoms with van der Waals surface area (Å²) in [4.78, 5) is 0. The summed E-state index contributed by atoms with van der Waals surface area (Å²) in [7, 11) is 1.66. The first-order chi connectivity index (χ1) is 12.0. The SMILES string of the molecule is COC(C)OCOC1C=C(C)C(Br)=CC1C12CC3CC(CC(C3)C1)C2. The Morgan fingerprint density at radius 3 is 2.28 bits per heavy atom. The highest BCUT2D eigenvalue weighted by Gasteiger charge is 2.55. The van der Waals surface area contributed by atoms with Crippen LogP contribution < -0.4 is 0 Å². The number of allylic oxidation sites excluding steroid dienone is 2. The molecular formula is C21H31BrO3. The third kappa shape index (κ3) is 3.52. The summed E-state index contributed by atoms with van der Waals surface area (Å²) >= 11 is 3.79. The Morgan fingerprint density at radius 2 is 1.72 bits per heavy atom. The number of rotatable bonds is 6. The van der Waals surface area contributed by atoms with Crippen LogP contribution in [0.25, 0.3) is 0 Å². The summed E-state index contributed by atoms with van der Waals surface area (Å²) in [6, 6.07) is 0. The van der Waals surface area contributed by atoms with Crippen molar-refractivity contribution in [2.45, 2.75) is 64.8 Å². The van der Waals surface area contributed by atoms with E-state index in [4.69, 9.17) is 14.2 Å². The van der Waals surface area contributed by atoms with Gasteiger partial charge in [-0.25, -0.2) is 0 Å². The Morgan fingerprint density at radius 1 is 1.12 bits per heavy atom. The van der Waals surface area contributed by atoms with Gasteiger partial charge in [0, 0.05) is 17.5 Å². The number of hydrogen-bond acceptors (Lipinski definition) is 3. The normalized spacial score (nSPS) is 43.8. The lowest BCUT2D eigenvalue weighted by atomic mass is 9.45. The third-order valence-corrected chi connectivity index (χ3v) is 8.05. The summed E-state index contributed by atoms with van der Waals surface area (Å²) in [6.07, 6.45) is 13.2. The van der Waals surface area contributed by atoms with E-state index in [-0.39, 0.29) is 19.2 Å². The smallest absolute Gasteiger partial charge is 0.157 e. The predicted octanol–water partition coefficient (Wildman–Crippen LogP) is 5.41. The second kappa shape index (κ2) is 7.10.